The van der Waals surface area contributed by atoms with Crippen LogP contribution in [0.5, 0.6) is 5.75 Å². The molecule has 0 radical (unpaired) electrons. The fourth-order valence-corrected chi connectivity index (χ4v) is 1.63. The van der Waals surface area contributed by atoms with Crippen LogP contribution in [0.4, 0.5) is 5.69 Å². The van der Waals surface area contributed by atoms with Crippen LogP contribution >= 0.6 is 0 Å². The van der Waals surface area contributed by atoms with Crippen LogP contribution in [-0.2, 0) is 5.41 Å². The van der Waals surface area contributed by atoms with Gasteiger partial charge in [-0.1, -0.05) is 40.7 Å². The van der Waals surface area contributed by atoms with Crippen LogP contribution in [0.3, 0.4) is 0 Å². The number of benzene rings is 1. The first-order chi connectivity index (χ1) is 7.84. The second-order valence-electron chi connectivity index (χ2n) is 5.94. The lowest BCUT2D eigenvalue weighted by Gasteiger charge is -2.22. The van der Waals surface area contributed by atoms with Gasteiger partial charge in [-0.2, -0.15) is 0 Å². The number of ether oxygens (including phenoxy) is 1. The summed E-state index contributed by atoms with van der Waals surface area (Å²) in [6.07, 6.45) is 0. The lowest BCUT2D eigenvalue weighted by molar-refractivity contribution is 0.415. The molecule has 2 nitrogen and oxygen atoms in total. The minimum Gasteiger partial charge on any atom is -0.495 e. The first-order valence-corrected chi connectivity index (χ1v) is 6.27. The van der Waals surface area contributed by atoms with E-state index in [1.165, 1.54) is 5.56 Å². The second-order valence-corrected chi connectivity index (χ2v) is 5.94. The smallest absolute Gasteiger partial charge is 0.141 e. The average molecular weight is 235 g/mol. The van der Waals surface area contributed by atoms with E-state index in [0.29, 0.717) is 5.92 Å². The summed E-state index contributed by atoms with van der Waals surface area (Å²) in [6.45, 7) is 12.0. The topological polar surface area (TPSA) is 21.3 Å². The molecule has 0 aliphatic heterocycles. The van der Waals surface area contributed by atoms with E-state index in [4.69, 9.17) is 4.74 Å². The third-order valence-corrected chi connectivity index (χ3v) is 2.77. The standard InChI is InChI=1S/C15H25NO/c1-11(2)10-16-13-9-12(15(3,4)5)7-8-14(13)17-6/h7-9,11,16H,10H2,1-6H3. The van der Waals surface area contributed by atoms with Crippen molar-refractivity contribution in [1.29, 1.82) is 0 Å². The van der Waals surface area contributed by atoms with Crippen LogP contribution in [0, 0.1) is 5.92 Å². The Morgan fingerprint density at radius 2 is 1.88 bits per heavy atom. The monoisotopic (exact) mass is 235 g/mol. The molecule has 1 N–H and O–H groups in total. The number of nitrogens with one attached hydrogen (secondary N) is 1. The quantitative estimate of drug-likeness (QED) is 0.849. The zero-order valence-corrected chi connectivity index (χ0v) is 11.9. The molecule has 0 aliphatic rings. The highest BCUT2D eigenvalue weighted by molar-refractivity contribution is 5.59. The summed E-state index contributed by atoms with van der Waals surface area (Å²) in [7, 11) is 1.71. The summed E-state index contributed by atoms with van der Waals surface area (Å²) >= 11 is 0. The van der Waals surface area contributed by atoms with Gasteiger partial charge in [0.25, 0.3) is 0 Å². The summed E-state index contributed by atoms with van der Waals surface area (Å²) in [4.78, 5) is 0. The van der Waals surface area contributed by atoms with Crippen molar-refractivity contribution in [2.24, 2.45) is 5.92 Å². The Balaban J connectivity index is 2.98. The Morgan fingerprint density at radius 1 is 1.24 bits per heavy atom. The molecule has 0 amide bonds. The van der Waals surface area contributed by atoms with E-state index in [1.54, 1.807) is 7.11 Å². The van der Waals surface area contributed by atoms with Crippen molar-refractivity contribution in [2.75, 3.05) is 19.0 Å². The number of rotatable bonds is 4. The fourth-order valence-electron chi connectivity index (χ4n) is 1.63. The van der Waals surface area contributed by atoms with E-state index in [2.05, 4.69) is 52.1 Å². The normalized spacial score (nSPS) is 11.7. The third-order valence-electron chi connectivity index (χ3n) is 2.77. The number of anilines is 1. The minimum atomic E-state index is 0.167. The van der Waals surface area contributed by atoms with Crippen molar-refractivity contribution < 1.29 is 4.74 Å². The maximum absolute atomic E-state index is 5.38. The van der Waals surface area contributed by atoms with Crippen LogP contribution in [0.2, 0.25) is 0 Å². The van der Waals surface area contributed by atoms with Crippen LogP contribution in [-0.4, -0.2) is 13.7 Å². The van der Waals surface area contributed by atoms with Crippen LogP contribution in [0.25, 0.3) is 0 Å². The van der Waals surface area contributed by atoms with Gasteiger partial charge < -0.3 is 10.1 Å². The molecule has 1 aromatic carbocycles. The number of methoxy groups -OCH3 is 1. The Bertz CT molecular complexity index is 364. The van der Waals surface area contributed by atoms with Gasteiger partial charge in [0.1, 0.15) is 5.75 Å². The van der Waals surface area contributed by atoms with Crippen LogP contribution < -0.4 is 10.1 Å². The highest BCUT2D eigenvalue weighted by Gasteiger charge is 2.15. The van der Waals surface area contributed by atoms with Crippen molar-refractivity contribution in [3.8, 4) is 5.75 Å². The van der Waals surface area contributed by atoms with E-state index < -0.39 is 0 Å². The molecule has 2 heteroatoms. The molecule has 1 rings (SSSR count). The van der Waals surface area contributed by atoms with Gasteiger partial charge in [0.15, 0.2) is 0 Å². The van der Waals surface area contributed by atoms with Gasteiger partial charge in [0, 0.05) is 6.54 Å². The average Bonchev–Trinajstić information content (AvgIpc) is 2.24. The first kappa shape index (κ1) is 13.9. The van der Waals surface area contributed by atoms with E-state index in [-0.39, 0.29) is 5.41 Å². The second kappa shape index (κ2) is 5.44. The molecule has 0 aliphatic carbocycles. The van der Waals surface area contributed by atoms with Gasteiger partial charge in [-0.25, -0.2) is 0 Å². The van der Waals surface area contributed by atoms with E-state index in [1.807, 2.05) is 6.07 Å². The lowest BCUT2D eigenvalue weighted by atomic mass is 9.87. The van der Waals surface area contributed by atoms with Gasteiger partial charge in [-0.05, 0) is 29.0 Å². The van der Waals surface area contributed by atoms with Crippen LogP contribution in [0.15, 0.2) is 18.2 Å². The molecule has 0 fully saturated rings. The van der Waals surface area contributed by atoms with Crippen molar-refractivity contribution in [2.45, 2.75) is 40.0 Å². The minimum absolute atomic E-state index is 0.167. The molecule has 96 valence electrons. The van der Waals surface area contributed by atoms with Gasteiger partial charge in [0.05, 0.1) is 12.8 Å². The maximum atomic E-state index is 5.38. The highest BCUT2D eigenvalue weighted by Crippen LogP contribution is 2.31. The molecule has 1 aromatic rings. The third kappa shape index (κ3) is 3.95. The maximum Gasteiger partial charge on any atom is 0.141 e. The van der Waals surface area contributed by atoms with Crippen molar-refractivity contribution in [3.63, 3.8) is 0 Å². The Kier molecular flexibility index (Phi) is 4.44. The van der Waals surface area contributed by atoms with Crippen molar-refractivity contribution in [3.05, 3.63) is 23.8 Å². The molecule has 0 bridgehead atoms. The van der Waals surface area contributed by atoms with Gasteiger partial charge in [-0.3, -0.25) is 0 Å². The van der Waals surface area contributed by atoms with E-state index in [9.17, 15) is 0 Å². The number of hydrogen-bond donors (Lipinski definition) is 1. The van der Waals surface area contributed by atoms with E-state index in [0.717, 1.165) is 18.0 Å². The SMILES string of the molecule is COc1ccc(C(C)(C)C)cc1NCC(C)C. The Labute approximate surface area is 105 Å². The number of hydrogen-bond acceptors (Lipinski definition) is 2. The summed E-state index contributed by atoms with van der Waals surface area (Å²) in [6, 6.07) is 6.38. The highest BCUT2D eigenvalue weighted by atomic mass is 16.5. The van der Waals surface area contributed by atoms with Gasteiger partial charge >= 0.3 is 0 Å². The molecule has 0 unspecified atom stereocenters. The van der Waals surface area contributed by atoms with E-state index >= 15 is 0 Å². The van der Waals surface area contributed by atoms with Crippen molar-refractivity contribution in [1.82, 2.24) is 0 Å². The molecule has 0 atom stereocenters. The summed E-state index contributed by atoms with van der Waals surface area (Å²) in [5.74, 6) is 1.54. The molecular formula is C15H25NO. The van der Waals surface area contributed by atoms with Gasteiger partial charge in [0.2, 0.25) is 0 Å². The summed E-state index contributed by atoms with van der Waals surface area (Å²) < 4.78 is 5.38. The lowest BCUT2D eigenvalue weighted by Crippen LogP contribution is -2.13. The molecule has 0 saturated heterocycles. The predicted molar refractivity (Wildman–Crippen MR) is 75.0 cm³/mol. The zero-order valence-electron chi connectivity index (χ0n) is 11.9. The molecule has 17 heavy (non-hydrogen) atoms. The predicted octanol–water partition coefficient (Wildman–Crippen LogP) is 4.06. The summed E-state index contributed by atoms with van der Waals surface area (Å²) in [5.41, 5.74) is 2.58. The Hall–Kier alpha value is -1.18. The molecule has 0 saturated carbocycles. The van der Waals surface area contributed by atoms with Crippen molar-refractivity contribution >= 4 is 5.69 Å². The largest absolute Gasteiger partial charge is 0.495 e. The molecule has 0 aromatic heterocycles. The van der Waals surface area contributed by atoms with Crippen LogP contribution in [0.1, 0.15) is 40.2 Å². The van der Waals surface area contributed by atoms with Gasteiger partial charge in [-0.15, -0.1) is 0 Å². The summed E-state index contributed by atoms with van der Waals surface area (Å²) in [5, 5.41) is 3.45. The fraction of sp³-hybridized carbons (Fsp3) is 0.600. The molecule has 0 spiro atoms. The first-order valence-electron chi connectivity index (χ1n) is 6.27. The molecule has 0 heterocycles. The zero-order chi connectivity index (χ0) is 13.1. The molecular weight excluding hydrogens is 210 g/mol. The Morgan fingerprint density at radius 3 is 2.35 bits per heavy atom.